The van der Waals surface area contributed by atoms with Crippen molar-refractivity contribution in [1.29, 1.82) is 0 Å². The molecule has 0 radical (unpaired) electrons. The Labute approximate surface area is 187 Å². The number of halogens is 4. The predicted molar refractivity (Wildman–Crippen MR) is 111 cm³/mol. The highest BCUT2D eigenvalue weighted by atomic mass is 32.1. The van der Waals surface area contributed by atoms with Crippen molar-refractivity contribution in [1.82, 2.24) is 4.98 Å². The second-order valence-electron chi connectivity index (χ2n) is 6.31. The summed E-state index contributed by atoms with van der Waals surface area (Å²) < 4.78 is 59.2. The third kappa shape index (κ3) is 4.95. The van der Waals surface area contributed by atoms with Gasteiger partial charge in [0.15, 0.2) is 34.8 Å². The van der Waals surface area contributed by atoms with Crippen LogP contribution in [0, 0.1) is 23.3 Å². The first kappa shape index (κ1) is 23.7. The zero-order valence-corrected chi connectivity index (χ0v) is 17.5. The van der Waals surface area contributed by atoms with Gasteiger partial charge < -0.3 is 20.1 Å². The number of carbonyl (C=O) groups excluding carboxylic acids is 1. The lowest BCUT2D eigenvalue weighted by atomic mass is 10.1. The van der Waals surface area contributed by atoms with E-state index in [1.54, 1.807) is 0 Å². The van der Waals surface area contributed by atoms with E-state index in [2.05, 4.69) is 9.98 Å². The first-order valence-corrected chi connectivity index (χ1v) is 9.97. The van der Waals surface area contributed by atoms with Crippen molar-refractivity contribution >= 4 is 34.4 Å². The molecule has 0 aliphatic heterocycles. The Balaban J connectivity index is 2.02. The van der Waals surface area contributed by atoms with Crippen molar-refractivity contribution in [3.8, 4) is 22.8 Å². The van der Waals surface area contributed by atoms with Gasteiger partial charge >= 0.3 is 5.97 Å². The number of phenols is 2. The van der Waals surface area contributed by atoms with Crippen LogP contribution in [0.15, 0.2) is 40.2 Å². The van der Waals surface area contributed by atoms with Crippen LogP contribution < -0.4 is 0 Å². The van der Waals surface area contributed by atoms with E-state index in [9.17, 15) is 37.7 Å². The van der Waals surface area contributed by atoms with E-state index in [0.29, 0.717) is 11.3 Å². The molecule has 0 fully saturated rings. The monoisotopic (exact) mass is 482 g/mol. The molecule has 0 spiro atoms. The van der Waals surface area contributed by atoms with Crippen LogP contribution in [-0.4, -0.2) is 39.1 Å². The maximum Gasteiger partial charge on any atom is 0.343 e. The molecule has 1 heterocycles. The van der Waals surface area contributed by atoms with Gasteiger partial charge in [-0.3, -0.25) is 0 Å². The number of aliphatic hydroxyl groups excluding tert-OH is 1. The number of thiazole rings is 1. The maximum atomic E-state index is 14.1. The van der Waals surface area contributed by atoms with Crippen LogP contribution in [-0.2, 0) is 9.53 Å². The zero-order valence-electron chi connectivity index (χ0n) is 16.6. The van der Waals surface area contributed by atoms with E-state index in [4.69, 9.17) is 4.74 Å². The number of hydrogen-bond donors (Lipinski definition) is 3. The molecule has 1 aromatic heterocycles. The Morgan fingerprint density at radius 2 is 1.85 bits per heavy atom. The largest absolute Gasteiger partial charge is 0.506 e. The third-order valence-corrected chi connectivity index (χ3v) is 4.92. The minimum atomic E-state index is -2.17. The number of esters is 1. The Kier molecular flexibility index (Phi) is 6.97. The molecule has 0 unspecified atom stereocenters. The second kappa shape index (κ2) is 9.69. The van der Waals surface area contributed by atoms with Crippen molar-refractivity contribution in [3.05, 3.63) is 64.1 Å². The summed E-state index contributed by atoms with van der Waals surface area (Å²) >= 11 is 0.986. The van der Waals surface area contributed by atoms with Crippen LogP contribution in [0.2, 0.25) is 0 Å². The van der Waals surface area contributed by atoms with Crippen LogP contribution in [0.4, 0.5) is 22.7 Å². The first-order chi connectivity index (χ1) is 15.6. The van der Waals surface area contributed by atoms with Gasteiger partial charge in [0.2, 0.25) is 5.13 Å². The number of rotatable bonds is 6. The van der Waals surface area contributed by atoms with E-state index in [-0.39, 0.29) is 29.3 Å². The highest BCUT2D eigenvalue weighted by molar-refractivity contribution is 7.13. The number of benzene rings is 2. The molecule has 0 bridgehead atoms. The van der Waals surface area contributed by atoms with Gasteiger partial charge in [-0.15, -0.1) is 11.3 Å². The van der Waals surface area contributed by atoms with Gasteiger partial charge in [0.05, 0.1) is 17.9 Å². The average molecular weight is 482 g/mol. The number of carbonyl (C=O) groups is 1. The summed E-state index contributed by atoms with van der Waals surface area (Å²) in [6.07, 6.45) is 0.753. The topological polar surface area (TPSA) is 112 Å². The van der Waals surface area contributed by atoms with Gasteiger partial charge in [0.1, 0.15) is 11.3 Å². The van der Waals surface area contributed by atoms with E-state index >= 15 is 0 Å². The number of ether oxygens (including phenoxy) is 1. The van der Waals surface area contributed by atoms with Crippen molar-refractivity contribution in [3.63, 3.8) is 0 Å². The van der Waals surface area contributed by atoms with Crippen LogP contribution in [0.1, 0.15) is 12.5 Å². The number of nitrogens with zero attached hydrogens (tertiary/aromatic N) is 2. The Bertz CT molecular complexity index is 1290. The van der Waals surface area contributed by atoms with Crippen molar-refractivity contribution in [2.45, 2.75) is 6.92 Å². The maximum absolute atomic E-state index is 14.1. The van der Waals surface area contributed by atoms with E-state index in [1.807, 2.05) is 0 Å². The molecular weight excluding hydrogens is 468 g/mol. The van der Waals surface area contributed by atoms with Crippen LogP contribution in [0.25, 0.3) is 17.0 Å². The predicted octanol–water partition coefficient (Wildman–Crippen LogP) is 5.01. The minimum absolute atomic E-state index is 0.0455. The fraction of sp³-hybridized carbons (Fsp3) is 0.0952. The number of aliphatic imine (C=N–C) groups is 1. The van der Waals surface area contributed by atoms with Crippen molar-refractivity contribution in [2.24, 2.45) is 4.99 Å². The SMILES string of the molecule is CCOC(=O)C(/C=N/c1nc(-c2ccc(O)c(O)c2)cs1)=C(\O)c1cc(F)c(F)c(F)c1F. The smallest absolute Gasteiger partial charge is 0.343 e. The van der Waals surface area contributed by atoms with Gasteiger partial charge in [0.25, 0.3) is 0 Å². The lowest BCUT2D eigenvalue weighted by Crippen LogP contribution is -2.12. The summed E-state index contributed by atoms with van der Waals surface area (Å²) in [6.45, 7) is 1.30. The minimum Gasteiger partial charge on any atom is -0.506 e. The van der Waals surface area contributed by atoms with Gasteiger partial charge in [-0.25, -0.2) is 32.3 Å². The Morgan fingerprint density at radius 1 is 1.12 bits per heavy atom. The summed E-state index contributed by atoms with van der Waals surface area (Å²) in [4.78, 5) is 20.3. The molecule has 0 saturated carbocycles. The summed E-state index contributed by atoms with van der Waals surface area (Å²) in [7, 11) is 0. The van der Waals surface area contributed by atoms with Gasteiger partial charge in [-0.05, 0) is 31.2 Å². The summed E-state index contributed by atoms with van der Waals surface area (Å²) in [6, 6.07) is 4.18. The van der Waals surface area contributed by atoms with E-state index in [1.165, 1.54) is 30.5 Å². The molecule has 3 aromatic rings. The molecule has 0 amide bonds. The van der Waals surface area contributed by atoms with Gasteiger partial charge in [0, 0.05) is 17.2 Å². The molecule has 12 heteroatoms. The molecule has 0 atom stereocenters. The number of hydrogen-bond acceptors (Lipinski definition) is 8. The number of aromatic hydroxyl groups is 2. The molecule has 0 saturated heterocycles. The standard InChI is InChI=1S/C21H14F4N2O5S/c1-2-32-20(31)11(19(30)10-6-12(22)17(24)18(25)16(10)23)7-26-21-27-13(8-33-21)9-3-4-14(28)15(29)5-9/h3-8,28-30H,2H2,1H3/b19-11-,26-7+. The van der Waals surface area contributed by atoms with Crippen molar-refractivity contribution < 1.29 is 42.4 Å². The summed E-state index contributed by atoms with van der Waals surface area (Å²) in [5.41, 5.74) is -1.09. The molecule has 7 nitrogen and oxygen atoms in total. The van der Waals surface area contributed by atoms with Crippen molar-refractivity contribution in [2.75, 3.05) is 6.61 Å². The molecule has 0 aliphatic rings. The van der Waals surface area contributed by atoms with E-state index in [0.717, 1.165) is 17.6 Å². The highest BCUT2D eigenvalue weighted by Gasteiger charge is 2.25. The third-order valence-electron chi connectivity index (χ3n) is 4.18. The number of phenolic OH excluding ortho intramolecular Hbond substituents is 2. The molecule has 0 aliphatic carbocycles. The van der Waals surface area contributed by atoms with E-state index < -0.39 is 46.1 Å². The lowest BCUT2D eigenvalue weighted by molar-refractivity contribution is -0.137. The second-order valence-corrected chi connectivity index (χ2v) is 7.14. The molecule has 172 valence electrons. The average Bonchev–Trinajstić information content (AvgIpc) is 3.26. The Hall–Kier alpha value is -3.93. The van der Waals surface area contributed by atoms with Crippen LogP contribution in [0.5, 0.6) is 11.5 Å². The quantitative estimate of drug-likeness (QED) is 0.0666. The highest BCUT2D eigenvalue weighted by Crippen LogP contribution is 2.33. The zero-order chi connectivity index (χ0) is 24.3. The van der Waals surface area contributed by atoms with Gasteiger partial charge in [-0.1, -0.05) is 0 Å². The molecule has 33 heavy (non-hydrogen) atoms. The lowest BCUT2D eigenvalue weighted by Gasteiger charge is -2.09. The number of aromatic nitrogens is 1. The summed E-state index contributed by atoms with van der Waals surface area (Å²) in [5.74, 6) is -11.1. The summed E-state index contributed by atoms with van der Waals surface area (Å²) in [5, 5.41) is 30.9. The van der Waals surface area contributed by atoms with Crippen LogP contribution >= 0.6 is 11.3 Å². The fourth-order valence-corrected chi connectivity index (χ4v) is 3.24. The van der Waals surface area contributed by atoms with Crippen LogP contribution in [0.3, 0.4) is 0 Å². The Morgan fingerprint density at radius 3 is 2.52 bits per heavy atom. The molecule has 3 rings (SSSR count). The molecular formula is C21H14F4N2O5S. The normalized spacial score (nSPS) is 12.2. The molecule has 3 N–H and O–H groups in total. The fourth-order valence-electron chi connectivity index (χ4n) is 2.57. The molecule has 2 aromatic carbocycles. The van der Waals surface area contributed by atoms with Gasteiger partial charge in [-0.2, -0.15) is 0 Å². The number of aliphatic hydroxyl groups is 1. The first-order valence-electron chi connectivity index (χ1n) is 9.09.